The number of carbonyl (C=O) groups excluding carboxylic acids is 1. The molecule has 1 aromatic heterocycles. The summed E-state index contributed by atoms with van der Waals surface area (Å²) in [5.74, 6) is -0.00903. The molecular formula is C16H23N3O. The zero-order valence-corrected chi connectivity index (χ0v) is 12.4. The second-order valence-electron chi connectivity index (χ2n) is 5.43. The Morgan fingerprint density at radius 3 is 2.90 bits per heavy atom. The van der Waals surface area contributed by atoms with Crippen LogP contribution in [0.15, 0.2) is 30.5 Å². The first-order chi connectivity index (χ1) is 9.59. The van der Waals surface area contributed by atoms with Gasteiger partial charge in [0.15, 0.2) is 0 Å². The second-order valence-corrected chi connectivity index (χ2v) is 5.43. The van der Waals surface area contributed by atoms with Crippen molar-refractivity contribution < 1.29 is 4.79 Å². The molecular weight excluding hydrogens is 250 g/mol. The normalized spacial score (nSPS) is 11.4. The third-order valence-electron chi connectivity index (χ3n) is 3.69. The molecule has 4 nitrogen and oxygen atoms in total. The van der Waals surface area contributed by atoms with Crippen LogP contribution in [0.5, 0.6) is 0 Å². The Morgan fingerprint density at radius 1 is 1.35 bits per heavy atom. The van der Waals surface area contributed by atoms with Crippen LogP contribution in [0, 0.1) is 0 Å². The number of hydrogen-bond donors (Lipinski definition) is 2. The molecule has 2 N–H and O–H groups in total. The molecule has 0 aliphatic rings. The van der Waals surface area contributed by atoms with Gasteiger partial charge < -0.3 is 15.2 Å². The van der Waals surface area contributed by atoms with E-state index in [1.807, 2.05) is 30.5 Å². The van der Waals surface area contributed by atoms with Gasteiger partial charge in [-0.1, -0.05) is 12.1 Å². The van der Waals surface area contributed by atoms with Crippen LogP contribution >= 0.6 is 0 Å². The van der Waals surface area contributed by atoms with E-state index in [0.717, 1.165) is 23.9 Å². The summed E-state index contributed by atoms with van der Waals surface area (Å²) in [5, 5.41) is 4.06. The number of nitrogens with one attached hydrogen (secondary N) is 2. The molecule has 0 bridgehead atoms. The summed E-state index contributed by atoms with van der Waals surface area (Å²) in [6.45, 7) is 6.03. The molecule has 108 valence electrons. The summed E-state index contributed by atoms with van der Waals surface area (Å²) in [6.07, 6.45) is 2.82. The smallest absolute Gasteiger partial charge is 0.253 e. The lowest BCUT2D eigenvalue weighted by Gasteiger charge is -2.20. The Kier molecular flexibility index (Phi) is 4.79. The lowest BCUT2D eigenvalue weighted by Crippen LogP contribution is -2.31. The summed E-state index contributed by atoms with van der Waals surface area (Å²) in [4.78, 5) is 17.6. The Balaban J connectivity index is 1.88. The van der Waals surface area contributed by atoms with Crippen molar-refractivity contribution in [3.63, 3.8) is 0 Å². The molecule has 20 heavy (non-hydrogen) atoms. The van der Waals surface area contributed by atoms with Crippen molar-refractivity contribution in [3.8, 4) is 0 Å². The summed E-state index contributed by atoms with van der Waals surface area (Å²) < 4.78 is 0. The zero-order chi connectivity index (χ0) is 14.5. The minimum Gasteiger partial charge on any atom is -0.361 e. The summed E-state index contributed by atoms with van der Waals surface area (Å²) in [5.41, 5.74) is 1.62. The third kappa shape index (κ3) is 3.39. The highest BCUT2D eigenvalue weighted by Crippen LogP contribution is 2.16. The van der Waals surface area contributed by atoms with Crippen LogP contribution in [0.25, 0.3) is 10.9 Å². The molecule has 4 heteroatoms. The van der Waals surface area contributed by atoms with Crippen LogP contribution in [0.2, 0.25) is 0 Å². The van der Waals surface area contributed by atoms with Crippen LogP contribution in [-0.2, 0) is 0 Å². The summed E-state index contributed by atoms with van der Waals surface area (Å²) in [6, 6.07) is 8.29. The molecule has 0 fully saturated rings. The minimum atomic E-state index is -0.00903. The van der Waals surface area contributed by atoms with Gasteiger partial charge in [-0.25, -0.2) is 0 Å². The van der Waals surface area contributed by atoms with E-state index in [4.69, 9.17) is 0 Å². The van der Waals surface area contributed by atoms with Gasteiger partial charge in [-0.15, -0.1) is 0 Å². The van der Waals surface area contributed by atoms with E-state index in [2.05, 4.69) is 36.1 Å². The molecule has 0 atom stereocenters. The van der Waals surface area contributed by atoms with Crippen LogP contribution in [0.1, 0.15) is 30.6 Å². The molecule has 2 rings (SSSR count). The van der Waals surface area contributed by atoms with Crippen LogP contribution in [0.4, 0.5) is 0 Å². The third-order valence-corrected chi connectivity index (χ3v) is 3.69. The number of nitrogens with zero attached hydrogens (tertiary/aromatic N) is 1. The highest BCUT2D eigenvalue weighted by Gasteiger charge is 2.10. The standard InChI is InChI=1S/C16H23N3O/c1-12(2)19(3)11-5-9-18-16(20)14-7-4-6-13-8-10-17-15(13)14/h4,6-8,10,12,17H,5,9,11H2,1-3H3,(H,18,20). The van der Waals surface area contributed by atoms with Crippen molar-refractivity contribution in [1.82, 2.24) is 15.2 Å². The fourth-order valence-electron chi connectivity index (χ4n) is 2.16. The number of fused-ring (bicyclic) bond motifs is 1. The Morgan fingerprint density at radius 2 is 2.15 bits per heavy atom. The fourth-order valence-corrected chi connectivity index (χ4v) is 2.16. The molecule has 1 amide bonds. The van der Waals surface area contributed by atoms with Crippen molar-refractivity contribution in [2.75, 3.05) is 20.1 Å². The number of aromatic nitrogens is 1. The van der Waals surface area contributed by atoms with E-state index in [1.165, 1.54) is 0 Å². The molecule has 0 saturated carbocycles. The monoisotopic (exact) mass is 273 g/mol. The number of para-hydroxylation sites is 1. The van der Waals surface area contributed by atoms with Gasteiger partial charge >= 0.3 is 0 Å². The first kappa shape index (κ1) is 14.6. The first-order valence-corrected chi connectivity index (χ1v) is 7.14. The number of aromatic amines is 1. The van der Waals surface area contributed by atoms with E-state index in [1.54, 1.807) is 0 Å². The maximum absolute atomic E-state index is 12.2. The molecule has 0 aliphatic carbocycles. The fraction of sp³-hybridized carbons (Fsp3) is 0.438. The number of benzene rings is 1. The predicted octanol–water partition coefficient (Wildman–Crippen LogP) is 2.63. The topological polar surface area (TPSA) is 48.1 Å². The van der Waals surface area contributed by atoms with Gasteiger partial charge in [0, 0.05) is 24.2 Å². The molecule has 1 heterocycles. The maximum Gasteiger partial charge on any atom is 0.253 e. The van der Waals surface area contributed by atoms with Gasteiger partial charge in [0.2, 0.25) is 0 Å². The van der Waals surface area contributed by atoms with E-state index in [-0.39, 0.29) is 5.91 Å². The van der Waals surface area contributed by atoms with Crippen LogP contribution < -0.4 is 5.32 Å². The predicted molar refractivity (Wildman–Crippen MR) is 83.0 cm³/mol. The molecule has 0 radical (unpaired) electrons. The average molecular weight is 273 g/mol. The lowest BCUT2D eigenvalue weighted by atomic mass is 10.1. The van der Waals surface area contributed by atoms with Crippen LogP contribution in [0.3, 0.4) is 0 Å². The average Bonchev–Trinajstić information content (AvgIpc) is 2.90. The summed E-state index contributed by atoms with van der Waals surface area (Å²) in [7, 11) is 2.10. The first-order valence-electron chi connectivity index (χ1n) is 7.14. The number of amides is 1. The van der Waals surface area contributed by atoms with Crippen molar-refractivity contribution in [1.29, 1.82) is 0 Å². The maximum atomic E-state index is 12.2. The molecule has 0 aliphatic heterocycles. The molecule has 2 aromatic rings. The number of rotatable bonds is 6. The molecule has 1 aromatic carbocycles. The van der Waals surface area contributed by atoms with Gasteiger partial charge in [-0.3, -0.25) is 4.79 Å². The van der Waals surface area contributed by atoms with E-state index < -0.39 is 0 Å². The van der Waals surface area contributed by atoms with Gasteiger partial charge in [0.25, 0.3) is 5.91 Å². The van der Waals surface area contributed by atoms with Gasteiger partial charge in [0.05, 0.1) is 11.1 Å². The van der Waals surface area contributed by atoms with Gasteiger partial charge in [0.1, 0.15) is 0 Å². The Hall–Kier alpha value is -1.81. The van der Waals surface area contributed by atoms with Crippen molar-refractivity contribution in [3.05, 3.63) is 36.0 Å². The molecule has 0 saturated heterocycles. The largest absolute Gasteiger partial charge is 0.361 e. The van der Waals surface area contributed by atoms with Crippen molar-refractivity contribution in [2.45, 2.75) is 26.3 Å². The second kappa shape index (κ2) is 6.57. The number of H-pyrrole nitrogens is 1. The summed E-state index contributed by atoms with van der Waals surface area (Å²) >= 11 is 0. The van der Waals surface area contributed by atoms with Crippen LogP contribution in [-0.4, -0.2) is 42.0 Å². The van der Waals surface area contributed by atoms with Gasteiger partial charge in [-0.05, 0) is 46.0 Å². The van der Waals surface area contributed by atoms with Crippen molar-refractivity contribution in [2.24, 2.45) is 0 Å². The van der Waals surface area contributed by atoms with E-state index in [0.29, 0.717) is 18.2 Å². The van der Waals surface area contributed by atoms with E-state index in [9.17, 15) is 4.79 Å². The highest BCUT2D eigenvalue weighted by molar-refractivity contribution is 6.05. The Labute approximate surface area is 120 Å². The highest BCUT2D eigenvalue weighted by atomic mass is 16.1. The quantitative estimate of drug-likeness (QED) is 0.795. The van der Waals surface area contributed by atoms with Crippen molar-refractivity contribution >= 4 is 16.8 Å². The lowest BCUT2D eigenvalue weighted by molar-refractivity contribution is 0.0953. The Bertz CT molecular complexity index is 574. The zero-order valence-electron chi connectivity index (χ0n) is 12.4. The minimum absolute atomic E-state index is 0.00903. The number of hydrogen-bond acceptors (Lipinski definition) is 2. The number of carbonyl (C=O) groups is 1. The molecule has 0 unspecified atom stereocenters. The van der Waals surface area contributed by atoms with E-state index >= 15 is 0 Å². The van der Waals surface area contributed by atoms with Gasteiger partial charge in [-0.2, -0.15) is 0 Å². The SMILES string of the molecule is CC(C)N(C)CCCNC(=O)c1cccc2cc[nH]c12. The molecule has 0 spiro atoms.